The molecule has 1 aromatic rings. The molecule has 15 heavy (non-hydrogen) atoms. The third kappa shape index (κ3) is 3.61. The smallest absolute Gasteiger partial charge is 0.0959 e. The third-order valence-corrected chi connectivity index (χ3v) is 2.53. The van der Waals surface area contributed by atoms with Gasteiger partial charge >= 0.3 is 0 Å². The van der Waals surface area contributed by atoms with Crippen molar-refractivity contribution in [1.82, 2.24) is 5.01 Å². The van der Waals surface area contributed by atoms with Crippen molar-refractivity contribution >= 4 is 34.5 Å². The summed E-state index contributed by atoms with van der Waals surface area (Å²) < 4.78 is 0. The fourth-order valence-electron chi connectivity index (χ4n) is 1.04. The van der Waals surface area contributed by atoms with Crippen LogP contribution in [0.5, 0.6) is 0 Å². The fraction of sp³-hybridized carbons (Fsp3) is 0.273. The van der Waals surface area contributed by atoms with Crippen molar-refractivity contribution in [2.75, 3.05) is 7.05 Å². The van der Waals surface area contributed by atoms with Gasteiger partial charge in [0.2, 0.25) is 0 Å². The van der Waals surface area contributed by atoms with E-state index in [0.29, 0.717) is 0 Å². The molecular weight excluding hydrogens is 228 g/mol. The van der Waals surface area contributed by atoms with Crippen LogP contribution in [0, 0.1) is 0 Å². The van der Waals surface area contributed by atoms with Crippen LogP contribution in [0.25, 0.3) is 0 Å². The van der Waals surface area contributed by atoms with Crippen molar-refractivity contribution < 1.29 is 0 Å². The minimum atomic E-state index is 0.728. The highest BCUT2D eigenvalue weighted by atomic mass is 35.5. The molecule has 0 bridgehead atoms. The summed E-state index contributed by atoms with van der Waals surface area (Å²) in [6.07, 6.45) is 0. The Morgan fingerprint density at radius 2 is 1.80 bits per heavy atom. The summed E-state index contributed by atoms with van der Waals surface area (Å²) in [6.45, 7) is 3.78. The molecule has 0 aliphatic heterocycles. The summed E-state index contributed by atoms with van der Waals surface area (Å²) in [4.78, 5) is 0.739. The van der Waals surface area contributed by atoms with Crippen molar-refractivity contribution in [2.24, 2.45) is 5.10 Å². The van der Waals surface area contributed by atoms with Gasteiger partial charge in [-0.2, -0.15) is 5.10 Å². The van der Waals surface area contributed by atoms with Crippen molar-refractivity contribution in [3.8, 4) is 0 Å². The number of hydrazone groups is 1. The number of hydrogen-bond donors (Lipinski definition) is 0. The normalized spacial score (nSPS) is 11.3. The van der Waals surface area contributed by atoms with Gasteiger partial charge in [0, 0.05) is 12.1 Å². The molecule has 0 saturated carbocycles. The average Bonchev–Trinajstić information content (AvgIpc) is 2.18. The Balaban J connectivity index is 2.89. The molecule has 1 aromatic carbocycles. The Kier molecular flexibility index (Phi) is 4.24. The van der Waals surface area contributed by atoms with Gasteiger partial charge in [-0.15, -0.1) is 0 Å². The van der Waals surface area contributed by atoms with Gasteiger partial charge in [0.25, 0.3) is 0 Å². The maximum absolute atomic E-state index is 5.80. The number of halogens is 1. The number of rotatable bonds is 2. The molecule has 0 atom stereocenters. The summed E-state index contributed by atoms with van der Waals surface area (Å²) in [5.41, 5.74) is 1.96. The summed E-state index contributed by atoms with van der Waals surface area (Å²) in [5.74, 6) is 0. The highest BCUT2D eigenvalue weighted by molar-refractivity contribution is 7.80. The molecule has 4 heteroatoms. The molecule has 2 nitrogen and oxygen atoms in total. The maximum atomic E-state index is 5.80. The van der Waals surface area contributed by atoms with Gasteiger partial charge in [-0.25, -0.2) is 0 Å². The summed E-state index contributed by atoms with van der Waals surface area (Å²) in [5, 5.41) is 6.75. The second-order valence-corrected chi connectivity index (χ2v) is 4.26. The molecule has 1 rings (SSSR count). The molecule has 0 saturated heterocycles. The molecule has 0 spiro atoms. The van der Waals surface area contributed by atoms with E-state index < -0.39 is 0 Å². The van der Waals surface area contributed by atoms with Crippen LogP contribution in [-0.2, 0) is 0 Å². The molecule has 0 aromatic heterocycles. The van der Waals surface area contributed by atoms with E-state index in [1.807, 2.05) is 45.2 Å². The molecule has 0 fully saturated rings. The van der Waals surface area contributed by atoms with E-state index in [-0.39, 0.29) is 0 Å². The molecule has 0 aliphatic carbocycles. The van der Waals surface area contributed by atoms with Gasteiger partial charge in [0.05, 0.1) is 10.7 Å². The van der Waals surface area contributed by atoms with Gasteiger partial charge in [0.1, 0.15) is 0 Å². The van der Waals surface area contributed by atoms with Crippen LogP contribution in [0.1, 0.15) is 19.4 Å². The first-order chi connectivity index (χ1) is 7.00. The van der Waals surface area contributed by atoms with E-state index in [4.69, 9.17) is 23.8 Å². The highest BCUT2D eigenvalue weighted by Crippen LogP contribution is 2.10. The first-order valence-corrected chi connectivity index (χ1v) is 5.35. The molecule has 80 valence electrons. The van der Waals surface area contributed by atoms with Crippen molar-refractivity contribution in [2.45, 2.75) is 13.8 Å². The van der Waals surface area contributed by atoms with E-state index in [0.717, 1.165) is 21.3 Å². The van der Waals surface area contributed by atoms with Crippen LogP contribution >= 0.6 is 23.8 Å². The summed E-state index contributed by atoms with van der Waals surface area (Å²) in [6, 6.07) is 7.57. The van der Waals surface area contributed by atoms with Gasteiger partial charge in [-0.1, -0.05) is 36.0 Å². The van der Waals surface area contributed by atoms with E-state index in [1.54, 1.807) is 5.01 Å². The Labute approximate surface area is 101 Å². The van der Waals surface area contributed by atoms with Gasteiger partial charge in [0.15, 0.2) is 0 Å². The van der Waals surface area contributed by atoms with Crippen LogP contribution in [0.3, 0.4) is 0 Å². The van der Waals surface area contributed by atoms with Gasteiger partial charge < -0.3 is 0 Å². The molecule has 0 N–H and O–H groups in total. The van der Waals surface area contributed by atoms with E-state index in [1.165, 1.54) is 0 Å². The summed E-state index contributed by atoms with van der Waals surface area (Å²) in [7, 11) is 1.84. The minimum Gasteiger partial charge on any atom is -0.262 e. The van der Waals surface area contributed by atoms with Gasteiger partial charge in [-0.05, 0) is 31.5 Å². The monoisotopic (exact) mass is 240 g/mol. The quantitative estimate of drug-likeness (QED) is 0.448. The first-order valence-electron chi connectivity index (χ1n) is 4.56. The third-order valence-electron chi connectivity index (χ3n) is 2.02. The SMILES string of the molecule is CC(=S)N(C)/N=C(\C)c1ccc(Cl)cc1. The fourth-order valence-corrected chi connectivity index (χ4v) is 1.21. The van der Waals surface area contributed by atoms with Crippen LogP contribution in [0.2, 0.25) is 5.02 Å². The molecule has 0 unspecified atom stereocenters. The lowest BCUT2D eigenvalue weighted by Gasteiger charge is -2.12. The summed E-state index contributed by atoms with van der Waals surface area (Å²) >= 11 is 10.8. The van der Waals surface area contributed by atoms with Crippen molar-refractivity contribution in [1.29, 1.82) is 0 Å². The van der Waals surface area contributed by atoms with Crippen molar-refractivity contribution in [3.05, 3.63) is 34.9 Å². The topological polar surface area (TPSA) is 15.6 Å². The zero-order valence-electron chi connectivity index (χ0n) is 8.99. The second-order valence-electron chi connectivity index (χ2n) is 3.23. The van der Waals surface area contributed by atoms with E-state index in [2.05, 4.69) is 5.10 Å². The molecule has 0 radical (unpaired) electrons. The maximum Gasteiger partial charge on any atom is 0.0959 e. The van der Waals surface area contributed by atoms with Crippen molar-refractivity contribution in [3.63, 3.8) is 0 Å². The Morgan fingerprint density at radius 1 is 1.27 bits per heavy atom. The van der Waals surface area contributed by atoms with Gasteiger partial charge in [-0.3, -0.25) is 5.01 Å². The predicted molar refractivity (Wildman–Crippen MR) is 69.7 cm³/mol. The van der Waals surface area contributed by atoms with Crippen LogP contribution in [0.4, 0.5) is 0 Å². The Hall–Kier alpha value is -0.930. The second kappa shape index (κ2) is 5.24. The minimum absolute atomic E-state index is 0.728. The molecule has 0 heterocycles. The standard InChI is InChI=1S/C11H13ClN2S/c1-8(13-14(3)9(2)15)10-4-6-11(12)7-5-10/h4-7H,1-3H3/b13-8+. The lowest BCUT2D eigenvalue weighted by atomic mass is 10.1. The lowest BCUT2D eigenvalue weighted by Crippen LogP contribution is -2.17. The van der Waals surface area contributed by atoms with Crippen LogP contribution in [0.15, 0.2) is 29.4 Å². The van der Waals surface area contributed by atoms with E-state index >= 15 is 0 Å². The van der Waals surface area contributed by atoms with E-state index in [9.17, 15) is 0 Å². The first kappa shape index (κ1) is 12.1. The largest absolute Gasteiger partial charge is 0.262 e. The molecule has 0 amide bonds. The zero-order valence-corrected chi connectivity index (χ0v) is 10.6. The average molecular weight is 241 g/mol. The lowest BCUT2D eigenvalue weighted by molar-refractivity contribution is 0.551. The number of hydrogen-bond acceptors (Lipinski definition) is 2. The van der Waals surface area contributed by atoms with Crippen LogP contribution in [-0.4, -0.2) is 22.8 Å². The molecular formula is C11H13ClN2S. The number of thiocarbonyl (C=S) groups is 1. The van der Waals surface area contributed by atoms with Crippen LogP contribution < -0.4 is 0 Å². The Morgan fingerprint density at radius 3 is 2.27 bits per heavy atom. The molecule has 0 aliphatic rings. The zero-order chi connectivity index (χ0) is 11.4. The number of benzene rings is 1. The number of nitrogens with zero attached hydrogens (tertiary/aromatic N) is 2. The Bertz CT molecular complexity index is 384. The highest BCUT2D eigenvalue weighted by Gasteiger charge is 2.00. The predicted octanol–water partition coefficient (Wildman–Crippen LogP) is 3.34.